The summed E-state index contributed by atoms with van der Waals surface area (Å²) in [4.78, 5) is 32.2. The fraction of sp³-hybridized carbons (Fsp3) is 0.409. The second-order valence-electron chi connectivity index (χ2n) is 7.34. The number of benzene rings is 1. The molecule has 1 atom stereocenters. The molecule has 0 fully saturated rings. The Morgan fingerprint density at radius 2 is 1.94 bits per heavy atom. The predicted molar refractivity (Wildman–Crippen MR) is 120 cm³/mol. The van der Waals surface area contributed by atoms with Crippen LogP contribution in [-0.2, 0) is 22.4 Å². The van der Waals surface area contributed by atoms with Crippen LogP contribution in [0.3, 0.4) is 0 Å². The molecule has 0 radical (unpaired) electrons. The lowest BCUT2D eigenvalue weighted by atomic mass is 10.1. The van der Waals surface area contributed by atoms with Crippen LogP contribution in [0, 0.1) is 0 Å². The van der Waals surface area contributed by atoms with E-state index in [1.165, 1.54) is 18.3 Å². The van der Waals surface area contributed by atoms with Crippen molar-refractivity contribution in [3.05, 3.63) is 46.9 Å². The van der Waals surface area contributed by atoms with Gasteiger partial charge < -0.3 is 15.2 Å². The van der Waals surface area contributed by atoms with Crippen LogP contribution in [0.5, 0.6) is 0 Å². The van der Waals surface area contributed by atoms with Crippen molar-refractivity contribution < 1.29 is 14.1 Å². The van der Waals surface area contributed by atoms with Crippen LogP contribution in [0.1, 0.15) is 63.4 Å². The lowest BCUT2D eigenvalue weighted by Gasteiger charge is -2.13. The van der Waals surface area contributed by atoms with E-state index in [9.17, 15) is 9.59 Å². The number of carbonyl (C=O) groups is 2. The molecule has 0 aliphatic heterocycles. The van der Waals surface area contributed by atoms with Crippen molar-refractivity contribution >= 4 is 28.3 Å². The van der Waals surface area contributed by atoms with Crippen LogP contribution in [0.25, 0.3) is 11.3 Å². The molecule has 0 spiro atoms. The zero-order valence-corrected chi connectivity index (χ0v) is 18.8. The lowest BCUT2D eigenvalue weighted by Crippen LogP contribution is -2.23. The zero-order chi connectivity index (χ0) is 22.2. The molecule has 8 nitrogen and oxygen atoms in total. The summed E-state index contributed by atoms with van der Waals surface area (Å²) < 4.78 is 5.19. The van der Waals surface area contributed by atoms with Crippen LogP contribution in [-0.4, -0.2) is 26.9 Å². The number of amides is 2. The summed E-state index contributed by atoms with van der Waals surface area (Å²) >= 11 is 1.39. The molecule has 1 unspecified atom stereocenters. The standard InChI is InChI=1S/C22H27N5O3S/c1-4-6-19-25-21(30-27-19)8-5-7-20(29)26-22-24-18(13-31-22)17-11-9-16(10-12-17)14(2)23-15(3)28/h9-14H,4-8H2,1-3H3,(H,23,28)(H,24,26,29). The van der Waals surface area contributed by atoms with Gasteiger partial charge in [-0.05, 0) is 25.3 Å². The molecule has 1 aromatic carbocycles. The maximum atomic E-state index is 12.2. The maximum Gasteiger partial charge on any atom is 0.226 e. The monoisotopic (exact) mass is 441 g/mol. The molecular weight excluding hydrogens is 414 g/mol. The Labute approximate surface area is 185 Å². The molecule has 2 aromatic heterocycles. The van der Waals surface area contributed by atoms with Gasteiger partial charge in [-0.3, -0.25) is 9.59 Å². The van der Waals surface area contributed by atoms with E-state index in [-0.39, 0.29) is 17.9 Å². The summed E-state index contributed by atoms with van der Waals surface area (Å²) in [5.41, 5.74) is 2.77. The van der Waals surface area contributed by atoms with Gasteiger partial charge in [0.25, 0.3) is 0 Å². The molecule has 3 rings (SSSR count). The summed E-state index contributed by atoms with van der Waals surface area (Å²) in [6.07, 6.45) is 3.34. The van der Waals surface area contributed by atoms with Gasteiger partial charge in [-0.1, -0.05) is 36.3 Å². The molecule has 3 aromatic rings. The van der Waals surface area contributed by atoms with E-state index < -0.39 is 0 Å². The minimum atomic E-state index is -0.0892. The topological polar surface area (TPSA) is 110 Å². The number of hydrogen-bond donors (Lipinski definition) is 2. The van der Waals surface area contributed by atoms with Gasteiger partial charge in [0.1, 0.15) is 0 Å². The molecule has 0 bridgehead atoms. The highest BCUT2D eigenvalue weighted by Gasteiger charge is 2.11. The first-order valence-corrected chi connectivity index (χ1v) is 11.3. The second-order valence-corrected chi connectivity index (χ2v) is 8.20. The summed E-state index contributed by atoms with van der Waals surface area (Å²) in [5.74, 6) is 1.14. The highest BCUT2D eigenvalue weighted by atomic mass is 32.1. The third kappa shape index (κ3) is 6.71. The summed E-state index contributed by atoms with van der Waals surface area (Å²) in [7, 11) is 0. The van der Waals surface area contributed by atoms with Gasteiger partial charge >= 0.3 is 0 Å². The smallest absolute Gasteiger partial charge is 0.226 e. The minimum Gasteiger partial charge on any atom is -0.350 e. The fourth-order valence-electron chi connectivity index (χ4n) is 3.09. The van der Waals surface area contributed by atoms with Gasteiger partial charge in [-0.15, -0.1) is 11.3 Å². The van der Waals surface area contributed by atoms with Crippen molar-refractivity contribution in [3.8, 4) is 11.3 Å². The van der Waals surface area contributed by atoms with Gasteiger partial charge in [-0.25, -0.2) is 4.98 Å². The van der Waals surface area contributed by atoms with Crippen LogP contribution in [0.15, 0.2) is 34.2 Å². The molecule has 2 N–H and O–H groups in total. The first-order valence-electron chi connectivity index (χ1n) is 10.4. The number of carbonyl (C=O) groups excluding carboxylic acids is 2. The Balaban J connectivity index is 1.48. The second kappa shape index (κ2) is 10.8. The van der Waals surface area contributed by atoms with Gasteiger partial charge in [0, 0.05) is 37.1 Å². The number of nitrogens with zero attached hydrogens (tertiary/aromatic N) is 3. The van der Waals surface area contributed by atoms with Crippen molar-refractivity contribution in [2.24, 2.45) is 0 Å². The first-order chi connectivity index (χ1) is 14.9. The number of aromatic nitrogens is 3. The molecule has 0 aliphatic carbocycles. The molecule has 2 heterocycles. The number of nitrogens with one attached hydrogen (secondary N) is 2. The Kier molecular flexibility index (Phi) is 7.88. The summed E-state index contributed by atoms with van der Waals surface area (Å²) in [5, 5.41) is 12.1. The van der Waals surface area contributed by atoms with E-state index in [0.717, 1.165) is 35.5 Å². The van der Waals surface area contributed by atoms with E-state index in [1.54, 1.807) is 0 Å². The Hall–Kier alpha value is -3.07. The Bertz CT molecular complexity index is 1010. The van der Waals surface area contributed by atoms with Gasteiger partial charge in [-0.2, -0.15) is 4.98 Å². The maximum absolute atomic E-state index is 12.2. The average molecular weight is 442 g/mol. The largest absolute Gasteiger partial charge is 0.350 e. The highest BCUT2D eigenvalue weighted by molar-refractivity contribution is 7.14. The summed E-state index contributed by atoms with van der Waals surface area (Å²) in [6.45, 7) is 5.51. The van der Waals surface area contributed by atoms with Crippen LogP contribution in [0.2, 0.25) is 0 Å². The lowest BCUT2D eigenvalue weighted by molar-refractivity contribution is -0.119. The van der Waals surface area contributed by atoms with Crippen LogP contribution < -0.4 is 10.6 Å². The van der Waals surface area contributed by atoms with Crippen molar-refractivity contribution in [2.45, 2.75) is 58.9 Å². The van der Waals surface area contributed by atoms with Crippen molar-refractivity contribution in [1.82, 2.24) is 20.4 Å². The average Bonchev–Trinajstić information content (AvgIpc) is 3.37. The van der Waals surface area contributed by atoms with Gasteiger partial charge in [0.15, 0.2) is 11.0 Å². The Morgan fingerprint density at radius 1 is 1.16 bits per heavy atom. The normalized spacial score (nSPS) is 11.8. The predicted octanol–water partition coefficient (Wildman–Crippen LogP) is 4.30. The SMILES string of the molecule is CCCc1noc(CCCC(=O)Nc2nc(-c3ccc(C(C)NC(C)=O)cc3)cs2)n1. The summed E-state index contributed by atoms with van der Waals surface area (Å²) in [6, 6.07) is 7.81. The number of rotatable bonds is 10. The Morgan fingerprint density at radius 3 is 2.65 bits per heavy atom. The molecular formula is C22H27N5O3S. The number of hydrogen-bond acceptors (Lipinski definition) is 7. The molecule has 2 amide bonds. The molecule has 164 valence electrons. The molecule has 31 heavy (non-hydrogen) atoms. The van der Waals surface area contributed by atoms with E-state index in [1.807, 2.05) is 36.6 Å². The van der Waals surface area contributed by atoms with Crippen molar-refractivity contribution in [2.75, 3.05) is 5.32 Å². The van der Waals surface area contributed by atoms with E-state index in [2.05, 4.69) is 32.7 Å². The third-order valence-corrected chi connectivity index (χ3v) is 5.41. The van der Waals surface area contributed by atoms with Gasteiger partial charge in [0.05, 0.1) is 11.7 Å². The molecule has 0 saturated carbocycles. The van der Waals surface area contributed by atoms with Crippen LogP contribution >= 0.6 is 11.3 Å². The molecule has 0 aliphatic rings. The fourth-order valence-corrected chi connectivity index (χ4v) is 3.83. The quantitative estimate of drug-likeness (QED) is 0.485. The zero-order valence-electron chi connectivity index (χ0n) is 18.0. The number of thiazole rings is 1. The molecule has 9 heteroatoms. The van der Waals surface area contributed by atoms with Crippen LogP contribution in [0.4, 0.5) is 5.13 Å². The first kappa shape index (κ1) is 22.6. The number of anilines is 1. The third-order valence-electron chi connectivity index (χ3n) is 4.65. The minimum absolute atomic E-state index is 0.0535. The van der Waals surface area contributed by atoms with Crippen molar-refractivity contribution in [1.29, 1.82) is 0 Å². The van der Waals surface area contributed by atoms with Gasteiger partial charge in [0.2, 0.25) is 17.7 Å². The highest BCUT2D eigenvalue weighted by Crippen LogP contribution is 2.26. The molecule has 0 saturated heterocycles. The number of aryl methyl sites for hydroxylation is 2. The van der Waals surface area contributed by atoms with E-state index in [0.29, 0.717) is 30.3 Å². The van der Waals surface area contributed by atoms with E-state index in [4.69, 9.17) is 4.52 Å². The van der Waals surface area contributed by atoms with Crippen molar-refractivity contribution in [3.63, 3.8) is 0 Å². The van der Waals surface area contributed by atoms with E-state index >= 15 is 0 Å².